The van der Waals surface area contributed by atoms with Crippen molar-refractivity contribution in [1.29, 1.82) is 0 Å². The number of hydrogen-bond acceptors (Lipinski definition) is 1. The van der Waals surface area contributed by atoms with E-state index in [0.29, 0.717) is 0 Å². The fourth-order valence-electron chi connectivity index (χ4n) is 10.0. The lowest BCUT2D eigenvalue weighted by atomic mass is 9.68. The van der Waals surface area contributed by atoms with Crippen LogP contribution in [0.3, 0.4) is 0 Å². The van der Waals surface area contributed by atoms with Crippen molar-refractivity contribution in [2.45, 2.75) is 57.8 Å². The zero-order chi connectivity index (χ0) is 44.8. The first kappa shape index (κ1) is 41.6. The Kier molecular flexibility index (Phi) is 10.6. The molecule has 2 heteroatoms. The molecule has 0 aliphatic heterocycles. The molecule has 65 heavy (non-hydrogen) atoms. The highest BCUT2D eigenvalue weighted by molar-refractivity contribution is 6.12. The highest BCUT2D eigenvalue weighted by atomic mass is 15.1. The van der Waals surface area contributed by atoms with Crippen LogP contribution in [0, 0.1) is 0 Å². The van der Waals surface area contributed by atoms with Gasteiger partial charge in [-0.05, 0) is 99.1 Å². The van der Waals surface area contributed by atoms with Crippen molar-refractivity contribution < 1.29 is 0 Å². The van der Waals surface area contributed by atoms with Crippen LogP contribution in [0.15, 0.2) is 231 Å². The van der Waals surface area contributed by atoms with E-state index in [4.69, 9.17) is 0 Å². The van der Waals surface area contributed by atoms with Gasteiger partial charge in [-0.1, -0.05) is 217 Å². The largest absolute Gasteiger partial charge is 0.310 e. The molecule has 10 aromatic rings. The van der Waals surface area contributed by atoms with Crippen LogP contribution in [0.25, 0.3) is 38.6 Å². The Hall–Kier alpha value is -7.42. The summed E-state index contributed by atoms with van der Waals surface area (Å²) in [5.74, 6) is 0. The van der Waals surface area contributed by atoms with Crippen LogP contribution >= 0.6 is 0 Å². The van der Waals surface area contributed by atoms with E-state index < -0.39 is 10.8 Å². The molecule has 0 saturated carbocycles. The number of aromatic nitrogens is 1. The molecule has 9 aromatic carbocycles. The summed E-state index contributed by atoms with van der Waals surface area (Å²) in [6.07, 6.45) is 0. The summed E-state index contributed by atoms with van der Waals surface area (Å²) in [7, 11) is 0. The van der Waals surface area contributed by atoms with Gasteiger partial charge in [0.05, 0.1) is 16.7 Å². The molecule has 1 heterocycles. The van der Waals surface area contributed by atoms with Crippen molar-refractivity contribution in [1.82, 2.24) is 4.57 Å². The lowest BCUT2D eigenvalue weighted by Gasteiger charge is -2.38. The van der Waals surface area contributed by atoms with Crippen LogP contribution in [-0.2, 0) is 16.2 Å². The predicted molar refractivity (Wildman–Crippen MR) is 277 cm³/mol. The first-order valence-corrected chi connectivity index (χ1v) is 22.9. The van der Waals surface area contributed by atoms with Crippen molar-refractivity contribution >= 4 is 38.9 Å². The van der Waals surface area contributed by atoms with Gasteiger partial charge in [-0.2, -0.15) is 0 Å². The minimum absolute atomic E-state index is 0.290. The third-order valence-corrected chi connectivity index (χ3v) is 14.0. The Morgan fingerprint density at radius 3 is 1.15 bits per heavy atom. The lowest BCUT2D eigenvalue weighted by molar-refractivity contribution is 0.591. The number of anilines is 3. The van der Waals surface area contributed by atoms with E-state index in [1.54, 1.807) is 0 Å². The van der Waals surface area contributed by atoms with Gasteiger partial charge < -0.3 is 9.47 Å². The van der Waals surface area contributed by atoms with Crippen LogP contribution < -0.4 is 4.90 Å². The Labute approximate surface area is 385 Å². The van der Waals surface area contributed by atoms with Gasteiger partial charge in [0.2, 0.25) is 0 Å². The van der Waals surface area contributed by atoms with E-state index in [9.17, 15) is 0 Å². The second-order valence-electron chi connectivity index (χ2n) is 19.0. The fraction of sp³-hybridized carbons (Fsp3) is 0.143. The quantitative estimate of drug-likeness (QED) is 0.126. The molecule has 0 N–H and O–H groups in total. The highest BCUT2D eigenvalue weighted by Crippen LogP contribution is 2.49. The first-order chi connectivity index (χ1) is 31.5. The van der Waals surface area contributed by atoms with Crippen LogP contribution in [-0.4, -0.2) is 4.57 Å². The van der Waals surface area contributed by atoms with E-state index in [2.05, 4.69) is 282 Å². The van der Waals surface area contributed by atoms with Gasteiger partial charge >= 0.3 is 0 Å². The summed E-state index contributed by atoms with van der Waals surface area (Å²) in [6.45, 7) is 14.4. The second kappa shape index (κ2) is 16.6. The van der Waals surface area contributed by atoms with Gasteiger partial charge in [0, 0.05) is 44.1 Å². The average Bonchev–Trinajstić information content (AvgIpc) is 3.68. The Morgan fingerprint density at radius 1 is 0.308 bits per heavy atom. The standard InChI is InChI=1S/C63H56N2/c1-61(2,47-27-15-8-16-28-47)50-42-56(62(3,4)48-29-17-9-18-30-48)60(57(43-50)63(5,6)49-31-19-10-20-32-49)65-58-39-37-46(45-25-13-7-14-26-45)41-54(58)55-44-53(38-40-59(55)65)64(51-33-21-11-22-34-51)52-35-23-12-24-36-52/h7-44H,1-6H3. The van der Waals surface area contributed by atoms with Crippen molar-refractivity contribution in [3.8, 4) is 16.8 Å². The predicted octanol–water partition coefficient (Wildman–Crippen LogP) is 16.9. The van der Waals surface area contributed by atoms with Crippen molar-refractivity contribution in [3.63, 3.8) is 0 Å². The molecule has 0 radical (unpaired) electrons. The zero-order valence-corrected chi connectivity index (χ0v) is 38.3. The maximum Gasteiger partial charge on any atom is 0.0544 e. The normalized spacial score (nSPS) is 12.2. The Bertz CT molecular complexity index is 3130. The number of benzene rings is 9. The van der Waals surface area contributed by atoms with E-state index in [0.717, 1.165) is 17.1 Å². The molecule has 0 aliphatic rings. The average molecular weight is 841 g/mol. The smallest absolute Gasteiger partial charge is 0.0544 e. The van der Waals surface area contributed by atoms with Crippen LogP contribution in [0.1, 0.15) is 74.9 Å². The maximum absolute atomic E-state index is 2.61. The number of fused-ring (bicyclic) bond motifs is 3. The summed E-state index contributed by atoms with van der Waals surface area (Å²) < 4.78 is 2.61. The van der Waals surface area contributed by atoms with E-state index in [1.165, 1.54) is 72.0 Å². The van der Waals surface area contributed by atoms with E-state index >= 15 is 0 Å². The van der Waals surface area contributed by atoms with Gasteiger partial charge in [0.15, 0.2) is 0 Å². The van der Waals surface area contributed by atoms with Gasteiger partial charge in [0.25, 0.3) is 0 Å². The third-order valence-electron chi connectivity index (χ3n) is 14.0. The molecule has 1 aromatic heterocycles. The molecule has 10 rings (SSSR count). The number of hydrogen-bond donors (Lipinski definition) is 0. The summed E-state index contributed by atoms with van der Waals surface area (Å²) in [6, 6.07) is 84.7. The number of rotatable bonds is 11. The molecule has 0 atom stereocenters. The molecule has 0 fully saturated rings. The molecule has 0 aliphatic carbocycles. The maximum atomic E-state index is 2.61. The molecular formula is C63H56N2. The number of para-hydroxylation sites is 2. The molecule has 0 amide bonds. The lowest BCUT2D eigenvalue weighted by Crippen LogP contribution is -2.30. The summed E-state index contributed by atoms with van der Waals surface area (Å²) in [5, 5.41) is 2.41. The molecule has 0 bridgehead atoms. The molecule has 0 saturated heterocycles. The van der Waals surface area contributed by atoms with Crippen molar-refractivity contribution in [2.75, 3.05) is 4.90 Å². The van der Waals surface area contributed by atoms with Gasteiger partial charge in [-0.3, -0.25) is 0 Å². The summed E-state index contributed by atoms with van der Waals surface area (Å²) >= 11 is 0. The molecule has 0 unspecified atom stereocenters. The number of nitrogens with zero attached hydrogens (tertiary/aromatic N) is 2. The van der Waals surface area contributed by atoms with Crippen LogP contribution in [0.5, 0.6) is 0 Å². The monoisotopic (exact) mass is 840 g/mol. The minimum atomic E-state index is -0.398. The van der Waals surface area contributed by atoms with Crippen molar-refractivity contribution in [2.24, 2.45) is 0 Å². The SMILES string of the molecule is CC(C)(c1ccccc1)c1cc(C(C)(C)c2ccccc2)c(-n2c3ccc(-c4ccccc4)cc3c3cc(N(c4ccccc4)c4ccccc4)ccc32)c(C(C)(C)c2ccccc2)c1. The van der Waals surface area contributed by atoms with Gasteiger partial charge in [0.1, 0.15) is 0 Å². The fourth-order valence-corrected chi connectivity index (χ4v) is 10.0. The van der Waals surface area contributed by atoms with E-state index in [1.807, 2.05) is 0 Å². The van der Waals surface area contributed by atoms with E-state index in [-0.39, 0.29) is 5.41 Å². The Balaban J connectivity index is 1.35. The highest BCUT2D eigenvalue weighted by Gasteiger charge is 2.37. The third kappa shape index (κ3) is 7.43. The van der Waals surface area contributed by atoms with Crippen LogP contribution in [0.2, 0.25) is 0 Å². The zero-order valence-electron chi connectivity index (χ0n) is 38.3. The van der Waals surface area contributed by atoms with Gasteiger partial charge in [-0.15, -0.1) is 0 Å². The molecule has 0 spiro atoms. The van der Waals surface area contributed by atoms with Crippen molar-refractivity contribution in [3.05, 3.63) is 264 Å². The molecule has 2 nitrogen and oxygen atoms in total. The minimum Gasteiger partial charge on any atom is -0.310 e. The van der Waals surface area contributed by atoms with Gasteiger partial charge in [-0.25, -0.2) is 0 Å². The topological polar surface area (TPSA) is 8.17 Å². The van der Waals surface area contributed by atoms with Crippen LogP contribution in [0.4, 0.5) is 17.1 Å². The molecule has 318 valence electrons. The first-order valence-electron chi connectivity index (χ1n) is 22.9. The Morgan fingerprint density at radius 2 is 0.692 bits per heavy atom. The summed E-state index contributed by atoms with van der Waals surface area (Å²) in [4.78, 5) is 2.37. The summed E-state index contributed by atoms with van der Waals surface area (Å²) in [5.41, 5.74) is 15.9. The second-order valence-corrected chi connectivity index (χ2v) is 19.0. The molecular weight excluding hydrogens is 785 g/mol.